The van der Waals surface area contributed by atoms with Crippen LogP contribution >= 0.6 is 0 Å². The second kappa shape index (κ2) is 4.85. The van der Waals surface area contributed by atoms with Crippen molar-refractivity contribution in [2.24, 2.45) is 0 Å². The first kappa shape index (κ1) is 12.5. The summed E-state index contributed by atoms with van der Waals surface area (Å²) >= 11 is 0. The van der Waals surface area contributed by atoms with Crippen molar-refractivity contribution in [3.8, 4) is 0 Å². The predicted molar refractivity (Wildman–Crippen MR) is 74.1 cm³/mol. The summed E-state index contributed by atoms with van der Waals surface area (Å²) in [4.78, 5) is 14.5. The van der Waals surface area contributed by atoms with Gasteiger partial charge in [0.25, 0.3) is 0 Å². The van der Waals surface area contributed by atoms with E-state index in [-0.39, 0.29) is 24.2 Å². The van der Waals surface area contributed by atoms with Gasteiger partial charge in [0.05, 0.1) is 12.2 Å². The Hall–Kier alpha value is -1.55. The monoisotopic (exact) mass is 260 g/mol. The molecular weight excluding hydrogens is 240 g/mol. The summed E-state index contributed by atoms with van der Waals surface area (Å²) in [7, 11) is 0. The molecule has 1 amide bonds. The molecule has 1 aromatic rings. The van der Waals surface area contributed by atoms with Gasteiger partial charge in [0.15, 0.2) is 0 Å². The van der Waals surface area contributed by atoms with Gasteiger partial charge in [0.2, 0.25) is 5.91 Å². The highest BCUT2D eigenvalue weighted by Crippen LogP contribution is 2.26. The van der Waals surface area contributed by atoms with Crippen LogP contribution in [0.3, 0.4) is 0 Å². The molecule has 3 rings (SSSR count). The number of hydrogen-bond donors (Lipinski definition) is 1. The molecule has 2 aliphatic heterocycles. The minimum absolute atomic E-state index is 0.116. The quantitative estimate of drug-likeness (QED) is 0.835. The van der Waals surface area contributed by atoms with Crippen molar-refractivity contribution in [1.82, 2.24) is 4.90 Å². The van der Waals surface area contributed by atoms with Crippen LogP contribution in [0.25, 0.3) is 0 Å². The maximum absolute atomic E-state index is 12.6. The van der Waals surface area contributed by atoms with E-state index in [0.29, 0.717) is 13.1 Å². The number of carbonyl (C=O) groups excluding carboxylic acids is 1. The zero-order valence-corrected chi connectivity index (χ0v) is 11.4. The Bertz CT molecular complexity index is 454. The molecular formula is C15H20N2O2. The molecule has 0 aliphatic carbocycles. The molecule has 0 radical (unpaired) electrons. The number of ether oxygens (including phenoxy) is 1. The van der Waals surface area contributed by atoms with E-state index in [0.717, 1.165) is 12.1 Å². The van der Waals surface area contributed by atoms with E-state index in [4.69, 9.17) is 4.74 Å². The van der Waals surface area contributed by atoms with E-state index >= 15 is 0 Å². The number of anilines is 1. The first-order chi connectivity index (χ1) is 9.13. The average Bonchev–Trinajstić information content (AvgIpc) is 2.80. The number of fused-ring (bicyclic) bond motifs is 1. The molecule has 3 atom stereocenters. The zero-order chi connectivity index (χ0) is 13.4. The molecule has 0 spiro atoms. The fraction of sp³-hybridized carbons (Fsp3) is 0.533. The van der Waals surface area contributed by atoms with Crippen molar-refractivity contribution in [1.29, 1.82) is 0 Å². The molecule has 0 unspecified atom stereocenters. The highest BCUT2D eigenvalue weighted by molar-refractivity contribution is 5.87. The number of benzene rings is 1. The van der Waals surface area contributed by atoms with Gasteiger partial charge in [-0.25, -0.2) is 0 Å². The fourth-order valence-electron chi connectivity index (χ4n) is 3.03. The van der Waals surface area contributed by atoms with Crippen LogP contribution in [-0.2, 0) is 16.0 Å². The number of morpholine rings is 1. The summed E-state index contributed by atoms with van der Waals surface area (Å²) in [5, 5.41) is 3.33. The highest BCUT2D eigenvalue weighted by Gasteiger charge is 2.33. The summed E-state index contributed by atoms with van der Waals surface area (Å²) in [5.41, 5.74) is 2.32. The Morgan fingerprint density at radius 3 is 2.63 bits per heavy atom. The Morgan fingerprint density at radius 2 is 1.95 bits per heavy atom. The minimum atomic E-state index is -0.116. The van der Waals surface area contributed by atoms with Crippen LogP contribution in [0.2, 0.25) is 0 Å². The Balaban J connectivity index is 1.69. The SMILES string of the molecule is C[C@@H]1CN(C(=O)[C@H]2Cc3ccccc3N2)C[C@@H](C)O1. The first-order valence-corrected chi connectivity index (χ1v) is 6.92. The Kier molecular flexibility index (Phi) is 3.19. The third kappa shape index (κ3) is 2.45. The van der Waals surface area contributed by atoms with Crippen LogP contribution in [0, 0.1) is 0 Å². The lowest BCUT2D eigenvalue weighted by molar-refractivity contribution is -0.143. The molecule has 4 heteroatoms. The van der Waals surface area contributed by atoms with Gasteiger partial charge in [-0.05, 0) is 25.5 Å². The maximum Gasteiger partial charge on any atom is 0.245 e. The second-order valence-corrected chi connectivity index (χ2v) is 5.56. The van der Waals surface area contributed by atoms with Gasteiger partial charge in [0.1, 0.15) is 6.04 Å². The lowest BCUT2D eigenvalue weighted by atomic mass is 10.1. The smallest absolute Gasteiger partial charge is 0.245 e. The van der Waals surface area contributed by atoms with E-state index in [1.807, 2.05) is 36.9 Å². The predicted octanol–water partition coefficient (Wildman–Crippen LogP) is 1.66. The number of hydrogen-bond acceptors (Lipinski definition) is 3. The van der Waals surface area contributed by atoms with E-state index in [1.165, 1.54) is 5.56 Å². The second-order valence-electron chi connectivity index (χ2n) is 5.56. The van der Waals surface area contributed by atoms with Crippen LogP contribution in [0.4, 0.5) is 5.69 Å². The van der Waals surface area contributed by atoms with E-state index in [1.54, 1.807) is 0 Å². The van der Waals surface area contributed by atoms with Crippen molar-refractivity contribution in [3.05, 3.63) is 29.8 Å². The topological polar surface area (TPSA) is 41.6 Å². The molecule has 0 saturated carbocycles. The Morgan fingerprint density at radius 1 is 1.26 bits per heavy atom. The molecule has 1 fully saturated rings. The van der Waals surface area contributed by atoms with Crippen LogP contribution in [0.15, 0.2) is 24.3 Å². The van der Waals surface area contributed by atoms with Crippen LogP contribution < -0.4 is 5.32 Å². The van der Waals surface area contributed by atoms with Crippen LogP contribution in [0.5, 0.6) is 0 Å². The number of carbonyl (C=O) groups is 1. The average molecular weight is 260 g/mol. The molecule has 4 nitrogen and oxygen atoms in total. The summed E-state index contributed by atoms with van der Waals surface area (Å²) in [6, 6.07) is 8.02. The number of nitrogens with one attached hydrogen (secondary N) is 1. The third-order valence-electron chi connectivity index (χ3n) is 3.80. The van der Waals surface area contributed by atoms with Gasteiger partial charge in [-0.1, -0.05) is 18.2 Å². The zero-order valence-electron chi connectivity index (χ0n) is 11.4. The van der Waals surface area contributed by atoms with Gasteiger partial charge in [-0.3, -0.25) is 4.79 Å². The molecule has 2 aliphatic rings. The number of rotatable bonds is 1. The molecule has 0 aromatic heterocycles. The van der Waals surface area contributed by atoms with Gasteiger partial charge in [-0.2, -0.15) is 0 Å². The molecule has 1 saturated heterocycles. The first-order valence-electron chi connectivity index (χ1n) is 6.92. The minimum Gasteiger partial charge on any atom is -0.373 e. The van der Waals surface area contributed by atoms with Crippen LogP contribution in [0.1, 0.15) is 19.4 Å². The van der Waals surface area contributed by atoms with Crippen molar-refractivity contribution < 1.29 is 9.53 Å². The van der Waals surface area contributed by atoms with Gasteiger partial charge in [0, 0.05) is 25.2 Å². The number of para-hydroxylation sites is 1. The lowest BCUT2D eigenvalue weighted by Gasteiger charge is -2.36. The van der Waals surface area contributed by atoms with Crippen molar-refractivity contribution in [3.63, 3.8) is 0 Å². The lowest BCUT2D eigenvalue weighted by Crippen LogP contribution is -2.52. The highest BCUT2D eigenvalue weighted by atomic mass is 16.5. The summed E-state index contributed by atoms with van der Waals surface area (Å²) in [5.74, 6) is 0.193. The molecule has 1 N–H and O–H groups in total. The largest absolute Gasteiger partial charge is 0.373 e. The van der Waals surface area contributed by atoms with Crippen molar-refractivity contribution in [2.45, 2.75) is 38.5 Å². The maximum atomic E-state index is 12.6. The summed E-state index contributed by atoms with van der Waals surface area (Å²) in [6.45, 7) is 5.43. The molecule has 2 heterocycles. The van der Waals surface area contributed by atoms with Crippen molar-refractivity contribution >= 4 is 11.6 Å². The summed E-state index contributed by atoms with van der Waals surface area (Å²) in [6.07, 6.45) is 1.03. The molecule has 102 valence electrons. The normalized spacial score (nSPS) is 29.8. The van der Waals surface area contributed by atoms with Crippen molar-refractivity contribution in [2.75, 3.05) is 18.4 Å². The fourth-order valence-corrected chi connectivity index (χ4v) is 3.03. The Labute approximate surface area is 113 Å². The number of amides is 1. The molecule has 19 heavy (non-hydrogen) atoms. The van der Waals surface area contributed by atoms with Crippen LogP contribution in [-0.4, -0.2) is 42.1 Å². The standard InChI is InChI=1S/C15H20N2O2/c1-10-8-17(9-11(2)19-10)15(18)14-7-12-5-3-4-6-13(12)16-14/h3-6,10-11,14,16H,7-9H2,1-2H3/t10-,11-,14-/m1/s1. The summed E-state index contributed by atoms with van der Waals surface area (Å²) < 4.78 is 5.68. The van der Waals surface area contributed by atoms with Gasteiger partial charge >= 0.3 is 0 Å². The molecule has 0 bridgehead atoms. The van der Waals surface area contributed by atoms with E-state index in [2.05, 4.69) is 11.4 Å². The van der Waals surface area contributed by atoms with E-state index < -0.39 is 0 Å². The van der Waals surface area contributed by atoms with Gasteiger partial charge in [-0.15, -0.1) is 0 Å². The van der Waals surface area contributed by atoms with E-state index in [9.17, 15) is 4.79 Å². The number of nitrogens with zero attached hydrogens (tertiary/aromatic N) is 1. The van der Waals surface area contributed by atoms with Gasteiger partial charge < -0.3 is 15.0 Å². The molecule has 1 aromatic carbocycles. The third-order valence-corrected chi connectivity index (χ3v) is 3.80.